The van der Waals surface area contributed by atoms with Crippen molar-refractivity contribution in [1.29, 1.82) is 0 Å². The lowest BCUT2D eigenvalue weighted by atomic mass is 10.1. The van der Waals surface area contributed by atoms with E-state index in [0.717, 1.165) is 11.6 Å². The highest BCUT2D eigenvalue weighted by Gasteiger charge is 2.27. The van der Waals surface area contributed by atoms with Crippen LogP contribution in [0.5, 0.6) is 23.0 Å². The number of ether oxygens (including phenoxy) is 5. The molecular formula is C42H40FN5O9. The minimum atomic E-state index is -1.05. The lowest BCUT2D eigenvalue weighted by molar-refractivity contribution is -0.151. The zero-order valence-electron chi connectivity index (χ0n) is 31.8. The Labute approximate surface area is 326 Å². The molecule has 2 N–H and O–H groups in total. The summed E-state index contributed by atoms with van der Waals surface area (Å²) in [6, 6.07) is 25.5. The quantitative estimate of drug-likeness (QED) is 0.111. The number of carbonyl (C=O) groups excluding carboxylic acids is 3. The van der Waals surface area contributed by atoms with Crippen LogP contribution in [0.25, 0.3) is 16.6 Å². The van der Waals surface area contributed by atoms with Crippen LogP contribution in [0.15, 0.2) is 108 Å². The number of alkyl carbamates (subject to hydrolysis) is 1. The summed E-state index contributed by atoms with van der Waals surface area (Å²) < 4.78 is 45.8. The van der Waals surface area contributed by atoms with Gasteiger partial charge in [0.2, 0.25) is 0 Å². The van der Waals surface area contributed by atoms with E-state index in [0.29, 0.717) is 33.8 Å². The highest BCUT2D eigenvalue weighted by atomic mass is 19.1. The molecule has 6 aromatic rings. The largest absolute Gasteiger partial charge is 0.493 e. The number of hydrogen-bond acceptors (Lipinski definition) is 10. The number of para-hydroxylation sites is 1. The van der Waals surface area contributed by atoms with Crippen LogP contribution in [0.3, 0.4) is 0 Å². The molecule has 0 radical (unpaired) electrons. The van der Waals surface area contributed by atoms with Crippen molar-refractivity contribution in [2.45, 2.75) is 46.1 Å². The fraction of sp³-hybridized carbons (Fsp3) is 0.214. The van der Waals surface area contributed by atoms with Crippen molar-refractivity contribution in [1.82, 2.24) is 19.7 Å². The molecule has 57 heavy (non-hydrogen) atoms. The summed E-state index contributed by atoms with van der Waals surface area (Å²) in [4.78, 5) is 57.3. The van der Waals surface area contributed by atoms with Crippen molar-refractivity contribution >= 4 is 34.6 Å². The Morgan fingerprint density at radius 2 is 1.53 bits per heavy atom. The number of carbonyl (C=O) groups is 3. The molecule has 0 bridgehead atoms. The summed E-state index contributed by atoms with van der Waals surface area (Å²) in [7, 11) is 3.00. The molecule has 2 heterocycles. The van der Waals surface area contributed by atoms with Crippen LogP contribution in [-0.2, 0) is 27.4 Å². The Kier molecular flexibility index (Phi) is 12.2. The van der Waals surface area contributed by atoms with E-state index in [1.54, 1.807) is 74.5 Å². The maximum atomic E-state index is 15.5. The molecule has 6 rings (SSSR count). The molecule has 2 aromatic heterocycles. The van der Waals surface area contributed by atoms with Gasteiger partial charge < -0.3 is 34.3 Å². The number of nitrogens with zero attached hydrogens (tertiary/aromatic N) is 3. The number of rotatable bonds is 14. The third-order valence-corrected chi connectivity index (χ3v) is 8.89. The van der Waals surface area contributed by atoms with Crippen molar-refractivity contribution < 1.29 is 42.5 Å². The maximum Gasteiger partial charge on any atom is 0.408 e. The predicted octanol–water partition coefficient (Wildman–Crippen LogP) is 6.94. The van der Waals surface area contributed by atoms with E-state index in [4.69, 9.17) is 23.7 Å². The second-order valence-electron chi connectivity index (χ2n) is 12.9. The molecule has 0 aliphatic rings. The van der Waals surface area contributed by atoms with Gasteiger partial charge in [-0.2, -0.15) is 0 Å². The molecule has 0 saturated carbocycles. The lowest BCUT2D eigenvalue weighted by Crippen LogP contribution is -2.41. The number of anilines is 1. The van der Waals surface area contributed by atoms with Gasteiger partial charge in [0, 0.05) is 29.4 Å². The Balaban J connectivity index is 1.17. The van der Waals surface area contributed by atoms with Gasteiger partial charge in [-0.25, -0.2) is 18.7 Å². The monoisotopic (exact) mass is 777 g/mol. The van der Waals surface area contributed by atoms with Crippen molar-refractivity contribution in [2.75, 3.05) is 19.5 Å². The summed E-state index contributed by atoms with van der Waals surface area (Å²) >= 11 is 0. The minimum absolute atomic E-state index is 0.0241. The van der Waals surface area contributed by atoms with E-state index in [9.17, 15) is 19.2 Å². The van der Waals surface area contributed by atoms with Crippen molar-refractivity contribution in [2.24, 2.45) is 0 Å². The number of amides is 2. The fourth-order valence-corrected chi connectivity index (χ4v) is 6.05. The molecule has 0 unspecified atom stereocenters. The van der Waals surface area contributed by atoms with Crippen LogP contribution in [0, 0.1) is 12.7 Å². The predicted molar refractivity (Wildman–Crippen MR) is 209 cm³/mol. The third-order valence-electron chi connectivity index (χ3n) is 8.89. The summed E-state index contributed by atoms with van der Waals surface area (Å²) in [6.45, 7) is 4.64. The third kappa shape index (κ3) is 9.05. The number of pyridine rings is 1. The number of esters is 1. The van der Waals surface area contributed by atoms with Crippen LogP contribution in [0.2, 0.25) is 0 Å². The topological polar surface area (TPSA) is 161 Å². The van der Waals surface area contributed by atoms with E-state index in [1.807, 2.05) is 18.2 Å². The number of aromatic nitrogens is 3. The Hall–Kier alpha value is -7.16. The molecule has 2 amide bonds. The second-order valence-corrected chi connectivity index (χ2v) is 12.9. The average molecular weight is 778 g/mol. The first-order chi connectivity index (χ1) is 27.5. The lowest BCUT2D eigenvalue weighted by Gasteiger charge is -2.21. The highest BCUT2D eigenvalue weighted by molar-refractivity contribution is 6.05. The Morgan fingerprint density at radius 1 is 0.842 bits per heavy atom. The van der Waals surface area contributed by atoms with Crippen molar-refractivity contribution in [3.8, 4) is 28.7 Å². The number of nitrogens with one attached hydrogen (secondary N) is 2. The van der Waals surface area contributed by atoms with Crippen LogP contribution in [-0.4, -0.2) is 58.7 Å². The van der Waals surface area contributed by atoms with Crippen LogP contribution in [0.1, 0.15) is 35.5 Å². The first kappa shape index (κ1) is 39.5. The number of hydrogen-bond donors (Lipinski definition) is 2. The molecule has 0 aliphatic heterocycles. The molecule has 0 saturated heterocycles. The van der Waals surface area contributed by atoms with E-state index < -0.39 is 41.5 Å². The van der Waals surface area contributed by atoms with Gasteiger partial charge in [0.05, 0.1) is 37.7 Å². The summed E-state index contributed by atoms with van der Waals surface area (Å²) in [5.74, 6) is -1.21. The van der Waals surface area contributed by atoms with Crippen molar-refractivity contribution in [3.05, 3.63) is 136 Å². The molecule has 14 nitrogen and oxygen atoms in total. The summed E-state index contributed by atoms with van der Waals surface area (Å²) in [5.41, 5.74) is 1.24. The normalized spacial score (nSPS) is 12.0. The standard InChI is InChI=1S/C42H40FN5O9/c1-25(56-41(51)26(2)45-42(52)55-24-28-12-8-6-9-13-28)23-47-27(3)38(40(50)48(47)30-14-10-7-11-15-30)39(49)46-29-16-17-35(32(43)20-29)57-34-18-19-44-33-22-37(54-5)36(53-4)21-31(33)34/h6-22,25-26H,23-24H2,1-5H3,(H,45,52)(H,46,49)/t25-,26+/m1/s1. The van der Waals surface area contributed by atoms with Crippen LogP contribution in [0.4, 0.5) is 14.9 Å². The SMILES string of the molecule is COc1cc2nccc(Oc3ccc(NC(=O)c4c(C)n(C[C@@H](C)OC(=O)[C@H](C)NC(=O)OCc5ccccc5)n(-c5ccccc5)c4=O)cc3F)c2cc1OC. The molecule has 294 valence electrons. The van der Waals surface area contributed by atoms with Gasteiger partial charge in [-0.1, -0.05) is 48.5 Å². The molecular weight excluding hydrogens is 737 g/mol. The number of benzene rings is 4. The molecule has 0 aliphatic carbocycles. The smallest absolute Gasteiger partial charge is 0.408 e. The molecule has 2 atom stereocenters. The van der Waals surface area contributed by atoms with Crippen LogP contribution >= 0.6 is 0 Å². The van der Waals surface area contributed by atoms with Gasteiger partial charge in [0.1, 0.15) is 30.1 Å². The van der Waals surface area contributed by atoms with Gasteiger partial charge in [-0.15, -0.1) is 0 Å². The fourth-order valence-electron chi connectivity index (χ4n) is 6.05. The molecule has 15 heteroatoms. The first-order valence-corrected chi connectivity index (χ1v) is 17.8. The van der Waals surface area contributed by atoms with E-state index in [-0.39, 0.29) is 35.8 Å². The summed E-state index contributed by atoms with van der Waals surface area (Å²) in [6.07, 6.45) is -0.0967. The first-order valence-electron chi connectivity index (χ1n) is 17.8. The second kappa shape index (κ2) is 17.5. The zero-order valence-corrected chi connectivity index (χ0v) is 31.8. The average Bonchev–Trinajstić information content (AvgIpc) is 3.45. The number of fused-ring (bicyclic) bond motifs is 1. The van der Waals surface area contributed by atoms with E-state index >= 15 is 4.39 Å². The number of methoxy groups -OCH3 is 2. The van der Waals surface area contributed by atoms with Gasteiger partial charge in [-0.3, -0.25) is 19.3 Å². The highest BCUT2D eigenvalue weighted by Crippen LogP contribution is 2.37. The van der Waals surface area contributed by atoms with E-state index in [2.05, 4.69) is 15.6 Å². The maximum absolute atomic E-state index is 15.5. The summed E-state index contributed by atoms with van der Waals surface area (Å²) in [5, 5.41) is 5.63. The minimum Gasteiger partial charge on any atom is -0.493 e. The molecule has 0 fully saturated rings. The van der Waals surface area contributed by atoms with E-state index in [1.165, 1.54) is 48.8 Å². The Bertz CT molecular complexity index is 2470. The molecule has 4 aromatic carbocycles. The zero-order chi connectivity index (χ0) is 40.6. The van der Waals surface area contributed by atoms with Crippen molar-refractivity contribution in [3.63, 3.8) is 0 Å². The van der Waals surface area contributed by atoms with Crippen LogP contribution < -0.4 is 30.4 Å². The van der Waals surface area contributed by atoms with Gasteiger partial charge in [0.25, 0.3) is 11.5 Å². The van der Waals surface area contributed by atoms with Gasteiger partial charge >= 0.3 is 12.1 Å². The Morgan fingerprint density at radius 3 is 2.21 bits per heavy atom. The number of halogens is 1. The van der Waals surface area contributed by atoms with Gasteiger partial charge in [-0.05, 0) is 62.7 Å². The van der Waals surface area contributed by atoms with Gasteiger partial charge in [0.15, 0.2) is 23.1 Å². The molecule has 0 spiro atoms.